The van der Waals surface area contributed by atoms with E-state index in [9.17, 15) is 4.79 Å². The van der Waals surface area contributed by atoms with Gasteiger partial charge in [-0.05, 0) is 18.9 Å². The summed E-state index contributed by atoms with van der Waals surface area (Å²) in [5, 5.41) is 0. The molecule has 0 aliphatic rings. The number of benzene rings is 1. The van der Waals surface area contributed by atoms with Gasteiger partial charge < -0.3 is 15.2 Å². The van der Waals surface area contributed by atoms with E-state index in [0.717, 1.165) is 24.8 Å². The molecule has 0 radical (unpaired) electrons. The third-order valence-electron chi connectivity index (χ3n) is 2.86. The lowest BCUT2D eigenvalue weighted by atomic mass is 10.0. The molecule has 0 heterocycles. The highest BCUT2D eigenvalue weighted by atomic mass is 16.6. The van der Waals surface area contributed by atoms with Gasteiger partial charge in [0, 0.05) is 11.6 Å². The standard InChI is InChI=1S/C15H23NO3/c1-3-5-10-18-15(17)11-19-14-9-7-6-8-12(14)13(16)4-2/h6-9,13H,3-5,10-11,16H2,1-2H3/t13-/m1/s1. The molecule has 0 saturated heterocycles. The van der Waals surface area contributed by atoms with E-state index in [2.05, 4.69) is 0 Å². The van der Waals surface area contributed by atoms with Crippen molar-refractivity contribution in [3.05, 3.63) is 29.8 Å². The molecule has 1 rings (SSSR count). The third kappa shape index (κ3) is 5.30. The van der Waals surface area contributed by atoms with E-state index >= 15 is 0 Å². The molecule has 106 valence electrons. The Kier molecular flexibility index (Phi) is 6.97. The number of esters is 1. The van der Waals surface area contributed by atoms with Crippen LogP contribution in [-0.4, -0.2) is 19.2 Å². The van der Waals surface area contributed by atoms with Crippen molar-refractivity contribution in [3.63, 3.8) is 0 Å². The summed E-state index contributed by atoms with van der Waals surface area (Å²) in [5.74, 6) is 0.317. The van der Waals surface area contributed by atoms with Crippen LogP contribution in [0, 0.1) is 0 Å². The van der Waals surface area contributed by atoms with Gasteiger partial charge in [-0.3, -0.25) is 0 Å². The molecule has 4 nitrogen and oxygen atoms in total. The van der Waals surface area contributed by atoms with Crippen LogP contribution in [0.4, 0.5) is 0 Å². The maximum Gasteiger partial charge on any atom is 0.344 e. The third-order valence-corrected chi connectivity index (χ3v) is 2.86. The summed E-state index contributed by atoms with van der Waals surface area (Å²) in [7, 11) is 0. The second-order valence-corrected chi connectivity index (χ2v) is 4.42. The number of carbonyl (C=O) groups is 1. The van der Waals surface area contributed by atoms with Crippen molar-refractivity contribution in [2.45, 2.75) is 39.2 Å². The topological polar surface area (TPSA) is 61.5 Å². The van der Waals surface area contributed by atoms with Gasteiger partial charge in [-0.25, -0.2) is 4.79 Å². The van der Waals surface area contributed by atoms with Crippen molar-refractivity contribution in [2.24, 2.45) is 5.73 Å². The number of rotatable bonds is 8. The average molecular weight is 265 g/mol. The molecule has 0 bridgehead atoms. The number of para-hydroxylation sites is 1. The van der Waals surface area contributed by atoms with Crippen LogP contribution < -0.4 is 10.5 Å². The average Bonchev–Trinajstić information content (AvgIpc) is 2.45. The number of hydrogen-bond acceptors (Lipinski definition) is 4. The molecule has 0 fully saturated rings. The van der Waals surface area contributed by atoms with E-state index in [-0.39, 0.29) is 18.6 Å². The zero-order valence-electron chi connectivity index (χ0n) is 11.7. The van der Waals surface area contributed by atoms with Crippen molar-refractivity contribution in [3.8, 4) is 5.75 Å². The maximum absolute atomic E-state index is 11.5. The Morgan fingerprint density at radius 3 is 2.74 bits per heavy atom. The molecular formula is C15H23NO3. The van der Waals surface area contributed by atoms with E-state index in [1.54, 1.807) is 0 Å². The molecule has 4 heteroatoms. The number of unbranched alkanes of at least 4 members (excludes halogenated alkanes) is 1. The van der Waals surface area contributed by atoms with Gasteiger partial charge in [-0.15, -0.1) is 0 Å². The maximum atomic E-state index is 11.5. The Balaban J connectivity index is 2.50. The molecule has 1 aromatic rings. The SMILES string of the molecule is CCCCOC(=O)COc1ccccc1[C@H](N)CC. The Morgan fingerprint density at radius 1 is 1.32 bits per heavy atom. The van der Waals surface area contributed by atoms with E-state index in [0.29, 0.717) is 12.4 Å². The molecule has 1 atom stereocenters. The summed E-state index contributed by atoms with van der Waals surface area (Å²) >= 11 is 0. The first kappa shape index (κ1) is 15.5. The summed E-state index contributed by atoms with van der Waals surface area (Å²) in [6, 6.07) is 7.45. The van der Waals surface area contributed by atoms with Crippen LogP contribution in [0.25, 0.3) is 0 Å². The van der Waals surface area contributed by atoms with Gasteiger partial charge in [0.05, 0.1) is 6.61 Å². The number of ether oxygens (including phenoxy) is 2. The number of nitrogens with two attached hydrogens (primary N) is 1. The van der Waals surface area contributed by atoms with Gasteiger partial charge in [0.25, 0.3) is 0 Å². The highest BCUT2D eigenvalue weighted by Crippen LogP contribution is 2.25. The van der Waals surface area contributed by atoms with Gasteiger partial charge in [0.2, 0.25) is 0 Å². The molecule has 0 aromatic heterocycles. The molecule has 0 aliphatic carbocycles. The Hall–Kier alpha value is -1.55. The van der Waals surface area contributed by atoms with Crippen LogP contribution in [0.15, 0.2) is 24.3 Å². The highest BCUT2D eigenvalue weighted by molar-refractivity contribution is 5.71. The lowest BCUT2D eigenvalue weighted by Gasteiger charge is -2.15. The Bertz CT molecular complexity index is 393. The van der Waals surface area contributed by atoms with Gasteiger partial charge in [-0.1, -0.05) is 38.5 Å². The second-order valence-electron chi connectivity index (χ2n) is 4.42. The summed E-state index contributed by atoms with van der Waals surface area (Å²) in [6.07, 6.45) is 2.70. The Morgan fingerprint density at radius 2 is 2.05 bits per heavy atom. The number of carbonyl (C=O) groups excluding carboxylic acids is 1. The van der Waals surface area contributed by atoms with E-state index in [4.69, 9.17) is 15.2 Å². The molecule has 19 heavy (non-hydrogen) atoms. The molecule has 2 N–H and O–H groups in total. The Labute approximate surface area is 114 Å². The molecule has 0 amide bonds. The minimum Gasteiger partial charge on any atom is -0.482 e. The smallest absolute Gasteiger partial charge is 0.344 e. The van der Waals surface area contributed by atoms with Gasteiger partial charge in [0.15, 0.2) is 6.61 Å². The largest absolute Gasteiger partial charge is 0.482 e. The zero-order chi connectivity index (χ0) is 14.1. The fourth-order valence-corrected chi connectivity index (χ4v) is 1.65. The first-order valence-electron chi connectivity index (χ1n) is 6.82. The predicted molar refractivity (Wildman–Crippen MR) is 75.0 cm³/mol. The molecular weight excluding hydrogens is 242 g/mol. The second kappa shape index (κ2) is 8.53. The van der Waals surface area contributed by atoms with Crippen LogP contribution in [-0.2, 0) is 9.53 Å². The zero-order valence-corrected chi connectivity index (χ0v) is 11.7. The van der Waals surface area contributed by atoms with Crippen molar-refractivity contribution in [1.29, 1.82) is 0 Å². The molecule has 0 saturated carbocycles. The van der Waals surface area contributed by atoms with Crippen molar-refractivity contribution in [1.82, 2.24) is 0 Å². The van der Waals surface area contributed by atoms with Gasteiger partial charge in [-0.2, -0.15) is 0 Å². The minimum absolute atomic E-state index is 0.0723. The first-order chi connectivity index (χ1) is 9.19. The van der Waals surface area contributed by atoms with E-state index in [1.807, 2.05) is 38.1 Å². The van der Waals surface area contributed by atoms with E-state index in [1.165, 1.54) is 0 Å². The van der Waals surface area contributed by atoms with Gasteiger partial charge >= 0.3 is 5.97 Å². The van der Waals surface area contributed by atoms with E-state index < -0.39 is 0 Å². The van der Waals surface area contributed by atoms with Crippen LogP contribution in [0.5, 0.6) is 5.75 Å². The van der Waals surface area contributed by atoms with Crippen LogP contribution >= 0.6 is 0 Å². The molecule has 0 aliphatic heterocycles. The quantitative estimate of drug-likeness (QED) is 0.580. The lowest BCUT2D eigenvalue weighted by molar-refractivity contribution is -0.146. The van der Waals surface area contributed by atoms with Crippen LogP contribution in [0.3, 0.4) is 0 Å². The fourth-order valence-electron chi connectivity index (χ4n) is 1.65. The molecule has 1 aromatic carbocycles. The van der Waals surface area contributed by atoms with Crippen LogP contribution in [0.2, 0.25) is 0 Å². The fraction of sp³-hybridized carbons (Fsp3) is 0.533. The molecule has 0 spiro atoms. The lowest BCUT2D eigenvalue weighted by Crippen LogP contribution is -2.17. The van der Waals surface area contributed by atoms with Crippen LogP contribution in [0.1, 0.15) is 44.7 Å². The minimum atomic E-state index is -0.340. The van der Waals surface area contributed by atoms with Crippen molar-refractivity contribution < 1.29 is 14.3 Å². The predicted octanol–water partition coefficient (Wildman–Crippen LogP) is 2.82. The monoisotopic (exact) mass is 265 g/mol. The van der Waals surface area contributed by atoms with Crippen molar-refractivity contribution >= 4 is 5.97 Å². The normalized spacial score (nSPS) is 11.9. The summed E-state index contributed by atoms with van der Waals surface area (Å²) in [4.78, 5) is 11.5. The first-order valence-corrected chi connectivity index (χ1v) is 6.82. The summed E-state index contributed by atoms with van der Waals surface area (Å²) in [6.45, 7) is 4.44. The highest BCUT2D eigenvalue weighted by Gasteiger charge is 2.11. The molecule has 0 unspecified atom stereocenters. The summed E-state index contributed by atoms with van der Waals surface area (Å²) < 4.78 is 10.5. The summed E-state index contributed by atoms with van der Waals surface area (Å²) in [5.41, 5.74) is 6.93. The van der Waals surface area contributed by atoms with Gasteiger partial charge in [0.1, 0.15) is 5.75 Å². The number of hydrogen-bond donors (Lipinski definition) is 1. The van der Waals surface area contributed by atoms with Crippen molar-refractivity contribution in [2.75, 3.05) is 13.2 Å².